The standard InChI is InChI=1S/C30H30N4O10S3/c1-17(2)14-15-30(34-46(41,42)20-11-8-18(9-12-20)29(37)38)22-7-5-4-6-21(22)26(35)25(27(30)36)28-31-23-13-10-19(32-45(3,39)40)16-24(23)47(43,44)33-28/h4-13,16-17,32,34-35H,14-15H2,1-3H3,(H,31,33)(H,37,38). The van der Waals surface area contributed by atoms with Crippen molar-refractivity contribution in [1.29, 1.82) is 0 Å². The van der Waals surface area contributed by atoms with E-state index in [4.69, 9.17) is 0 Å². The van der Waals surface area contributed by atoms with E-state index >= 15 is 0 Å². The average Bonchev–Trinajstić information content (AvgIpc) is 2.98. The summed E-state index contributed by atoms with van der Waals surface area (Å²) in [7, 11) is -12.9. The highest BCUT2D eigenvalue weighted by Gasteiger charge is 2.52. The number of Topliss-reactive ketones (excluding diaryl/α,β-unsaturated/α-hetero) is 1. The lowest BCUT2D eigenvalue weighted by molar-refractivity contribution is -0.121. The molecule has 5 N–H and O–H groups in total. The van der Waals surface area contributed by atoms with Crippen LogP contribution in [0.25, 0.3) is 5.76 Å². The molecule has 0 aromatic heterocycles. The van der Waals surface area contributed by atoms with Crippen molar-refractivity contribution in [3.05, 3.63) is 89.0 Å². The van der Waals surface area contributed by atoms with E-state index in [2.05, 4.69) is 19.2 Å². The van der Waals surface area contributed by atoms with Gasteiger partial charge in [-0.05, 0) is 66.8 Å². The normalized spacial score (nSPS) is 19.0. The second-order valence-corrected chi connectivity index (χ2v) is 16.5. The van der Waals surface area contributed by atoms with E-state index in [0.29, 0.717) is 6.42 Å². The number of sulfonamides is 3. The third-order valence-electron chi connectivity index (χ3n) is 7.57. The Morgan fingerprint density at radius 1 is 1.02 bits per heavy atom. The first-order valence-corrected chi connectivity index (χ1v) is 18.9. The molecule has 0 saturated carbocycles. The lowest BCUT2D eigenvalue weighted by Gasteiger charge is -2.39. The molecule has 1 heterocycles. The minimum Gasteiger partial charge on any atom is -0.506 e. The molecule has 5 rings (SSSR count). The van der Waals surface area contributed by atoms with Gasteiger partial charge in [0.15, 0.2) is 11.6 Å². The Kier molecular flexibility index (Phi) is 8.55. The first-order chi connectivity index (χ1) is 21.8. The second-order valence-electron chi connectivity index (χ2n) is 11.5. The number of hydrogen-bond donors (Lipinski definition) is 5. The van der Waals surface area contributed by atoms with Crippen LogP contribution in [0, 0.1) is 5.92 Å². The Bertz CT molecular complexity index is 2210. The number of fused-ring (bicyclic) bond motifs is 2. The Morgan fingerprint density at radius 3 is 2.30 bits per heavy atom. The predicted octanol–water partition coefficient (Wildman–Crippen LogP) is 3.43. The quantitative estimate of drug-likeness (QED) is 0.206. The second kappa shape index (κ2) is 11.9. The summed E-state index contributed by atoms with van der Waals surface area (Å²) in [6.45, 7) is 3.73. The molecule has 0 spiro atoms. The maximum Gasteiger partial charge on any atom is 0.335 e. The molecule has 47 heavy (non-hydrogen) atoms. The smallest absolute Gasteiger partial charge is 0.335 e. The van der Waals surface area contributed by atoms with E-state index < -0.39 is 69.4 Å². The van der Waals surface area contributed by atoms with E-state index in [0.717, 1.165) is 36.6 Å². The fourth-order valence-electron chi connectivity index (χ4n) is 5.37. The number of aromatic carboxylic acids is 1. The molecule has 0 saturated heterocycles. The largest absolute Gasteiger partial charge is 0.506 e. The van der Waals surface area contributed by atoms with Crippen LogP contribution in [0.5, 0.6) is 0 Å². The molecule has 0 bridgehead atoms. The number of carbonyl (C=O) groups is 2. The zero-order chi connectivity index (χ0) is 34.5. The molecule has 14 nitrogen and oxygen atoms in total. The first kappa shape index (κ1) is 33.8. The van der Waals surface area contributed by atoms with Gasteiger partial charge in [-0.3, -0.25) is 9.52 Å². The number of carboxylic acid groups (broad SMARTS) is 1. The molecule has 0 radical (unpaired) electrons. The summed E-state index contributed by atoms with van der Waals surface area (Å²) < 4.78 is 86.4. The van der Waals surface area contributed by atoms with Crippen LogP contribution >= 0.6 is 0 Å². The number of hydrogen-bond acceptors (Lipinski definition) is 10. The predicted molar refractivity (Wildman–Crippen MR) is 174 cm³/mol. The molecule has 1 unspecified atom stereocenters. The third kappa shape index (κ3) is 6.51. The third-order valence-corrected chi connectivity index (χ3v) is 11.0. The lowest BCUT2D eigenvalue weighted by atomic mass is 9.72. The Morgan fingerprint density at radius 2 is 1.68 bits per heavy atom. The van der Waals surface area contributed by atoms with Crippen LogP contribution in [0.1, 0.15) is 48.2 Å². The molecule has 0 amide bonds. The Balaban J connectivity index is 1.67. The van der Waals surface area contributed by atoms with E-state index in [1.165, 1.54) is 24.3 Å². The number of benzene rings is 3. The van der Waals surface area contributed by atoms with Crippen molar-refractivity contribution in [2.45, 2.75) is 42.0 Å². The maximum atomic E-state index is 14.7. The number of aliphatic hydroxyl groups is 1. The summed E-state index contributed by atoms with van der Waals surface area (Å²) in [5, 5.41) is 23.5. The van der Waals surface area contributed by atoms with Crippen molar-refractivity contribution in [3.63, 3.8) is 0 Å². The SMILES string of the molecule is CC(C)CCC1(NS(=O)(=O)c2ccc(C(=O)O)cc2)C(=O)C(C2=NS(=O)(=O)c3cc(NS(C)(=O)=O)ccc3N2)=C(O)c2ccccc21. The van der Waals surface area contributed by atoms with Crippen molar-refractivity contribution in [2.24, 2.45) is 10.3 Å². The monoisotopic (exact) mass is 702 g/mol. The van der Waals surface area contributed by atoms with Crippen LogP contribution in [0.4, 0.5) is 11.4 Å². The van der Waals surface area contributed by atoms with Gasteiger partial charge in [-0.1, -0.05) is 38.1 Å². The minimum atomic E-state index is -4.59. The van der Waals surface area contributed by atoms with Gasteiger partial charge in [0.05, 0.1) is 22.4 Å². The van der Waals surface area contributed by atoms with E-state index in [1.807, 2.05) is 13.8 Å². The molecule has 2 aliphatic rings. The molecular formula is C30H30N4O10S3. The number of amidine groups is 1. The number of nitrogens with zero attached hydrogens (tertiary/aromatic N) is 1. The van der Waals surface area contributed by atoms with Crippen LogP contribution in [-0.4, -0.2) is 59.3 Å². The van der Waals surface area contributed by atoms with Gasteiger partial charge in [0, 0.05) is 11.3 Å². The molecule has 17 heteroatoms. The van der Waals surface area contributed by atoms with E-state index in [9.17, 15) is 45.1 Å². The summed E-state index contributed by atoms with van der Waals surface area (Å²) in [5.41, 5.74) is -2.78. The van der Waals surface area contributed by atoms with Crippen LogP contribution < -0.4 is 14.8 Å². The summed E-state index contributed by atoms with van der Waals surface area (Å²) >= 11 is 0. The van der Waals surface area contributed by atoms with Crippen molar-refractivity contribution in [1.82, 2.24) is 4.72 Å². The van der Waals surface area contributed by atoms with Gasteiger partial charge >= 0.3 is 5.97 Å². The van der Waals surface area contributed by atoms with Gasteiger partial charge in [-0.25, -0.2) is 21.6 Å². The lowest BCUT2D eigenvalue weighted by Crippen LogP contribution is -2.55. The van der Waals surface area contributed by atoms with Crippen LogP contribution in [0.3, 0.4) is 0 Å². The summed E-state index contributed by atoms with van der Waals surface area (Å²) in [5.74, 6) is -3.49. The van der Waals surface area contributed by atoms with Gasteiger partial charge in [0.2, 0.25) is 20.0 Å². The number of aliphatic hydroxyl groups excluding tert-OH is 1. The number of carbonyl (C=O) groups excluding carboxylic acids is 1. The fraction of sp³-hybridized carbons (Fsp3) is 0.233. The molecule has 0 fully saturated rings. The zero-order valence-electron chi connectivity index (χ0n) is 25.2. The molecule has 1 aliphatic heterocycles. The minimum absolute atomic E-state index is 0.0266. The maximum absolute atomic E-state index is 14.7. The first-order valence-electron chi connectivity index (χ1n) is 14.0. The number of anilines is 2. The number of nitrogens with one attached hydrogen (secondary N) is 3. The molecule has 1 aliphatic carbocycles. The Labute approximate surface area is 271 Å². The molecule has 1 atom stereocenters. The highest BCUT2D eigenvalue weighted by Crippen LogP contribution is 2.44. The van der Waals surface area contributed by atoms with Crippen molar-refractivity contribution < 1.29 is 45.1 Å². The topological polar surface area (TPSA) is 225 Å². The highest BCUT2D eigenvalue weighted by molar-refractivity contribution is 7.92. The van der Waals surface area contributed by atoms with Crippen LogP contribution in [0.2, 0.25) is 0 Å². The van der Waals surface area contributed by atoms with Crippen molar-refractivity contribution >= 4 is 64.8 Å². The van der Waals surface area contributed by atoms with Crippen molar-refractivity contribution in [3.8, 4) is 0 Å². The zero-order valence-corrected chi connectivity index (χ0v) is 27.6. The highest BCUT2D eigenvalue weighted by atomic mass is 32.2. The van der Waals surface area contributed by atoms with Crippen molar-refractivity contribution in [2.75, 3.05) is 16.3 Å². The Hall–Kier alpha value is -4.58. The molecule has 3 aromatic carbocycles. The molecule has 248 valence electrons. The average molecular weight is 703 g/mol. The van der Waals surface area contributed by atoms with Gasteiger partial charge < -0.3 is 15.5 Å². The molecule has 3 aromatic rings. The number of rotatable bonds is 10. The van der Waals surface area contributed by atoms with Gasteiger partial charge in [0.25, 0.3) is 10.0 Å². The van der Waals surface area contributed by atoms with E-state index in [-0.39, 0.29) is 45.3 Å². The van der Waals surface area contributed by atoms with Crippen LogP contribution in [0.15, 0.2) is 86.5 Å². The van der Waals surface area contributed by atoms with Gasteiger partial charge in [-0.15, -0.1) is 4.40 Å². The summed E-state index contributed by atoms with van der Waals surface area (Å²) in [4.78, 5) is 25.3. The fourth-order valence-corrected chi connectivity index (χ4v) is 8.45. The molecular weight excluding hydrogens is 673 g/mol. The van der Waals surface area contributed by atoms with Crippen LogP contribution in [-0.2, 0) is 40.4 Å². The van der Waals surface area contributed by atoms with Gasteiger partial charge in [-0.2, -0.15) is 13.1 Å². The van der Waals surface area contributed by atoms with E-state index in [1.54, 1.807) is 12.1 Å². The number of ketones is 1. The number of carboxylic acids is 1. The summed E-state index contributed by atoms with van der Waals surface area (Å²) in [6.07, 6.45) is 1.09. The van der Waals surface area contributed by atoms with Gasteiger partial charge in [0.1, 0.15) is 21.8 Å². The summed E-state index contributed by atoms with van der Waals surface area (Å²) in [6, 6.07) is 14.0.